The number of fused-ring (bicyclic) bond motifs is 3. The number of furan rings is 1. The minimum atomic E-state index is 0.607. The highest BCUT2D eigenvalue weighted by Crippen LogP contribution is 2.34. The Labute approximate surface area is 289 Å². The van der Waals surface area contributed by atoms with E-state index in [2.05, 4.69) is 60.7 Å². The summed E-state index contributed by atoms with van der Waals surface area (Å²) >= 11 is 0. The summed E-state index contributed by atoms with van der Waals surface area (Å²) in [6, 6.07) is 59.2. The lowest BCUT2D eigenvalue weighted by Crippen LogP contribution is -2.00. The van der Waals surface area contributed by atoms with Gasteiger partial charge in [0.2, 0.25) is 0 Å². The van der Waals surface area contributed by atoms with Gasteiger partial charge in [-0.2, -0.15) is 0 Å². The summed E-state index contributed by atoms with van der Waals surface area (Å²) in [6.07, 6.45) is 0. The minimum absolute atomic E-state index is 0.607. The standard InChI is InChI=1S/C45H29N3O2/c1-3-9-33(10-4-1)43-46-44(34-11-5-2-6-12-34)48-45(47-43)35-21-26-38(27-22-35)49-37-24-19-31(20-25-37)30-15-17-32(18-16-30)36-23-28-42-40(29-36)39-13-7-8-14-41(39)50-42/h1-29H. The second-order valence-electron chi connectivity index (χ2n) is 12.1. The van der Waals surface area contributed by atoms with Gasteiger partial charge in [-0.3, -0.25) is 0 Å². The molecule has 2 heterocycles. The molecule has 0 saturated heterocycles. The Bertz CT molecular complexity index is 2520. The van der Waals surface area contributed by atoms with Crippen molar-refractivity contribution in [1.82, 2.24) is 15.0 Å². The van der Waals surface area contributed by atoms with Gasteiger partial charge in [0.05, 0.1) is 0 Å². The predicted octanol–water partition coefficient (Wildman–Crippen LogP) is 11.9. The van der Waals surface area contributed by atoms with Crippen molar-refractivity contribution in [2.45, 2.75) is 0 Å². The predicted molar refractivity (Wildman–Crippen MR) is 201 cm³/mol. The number of rotatable bonds is 7. The van der Waals surface area contributed by atoms with Gasteiger partial charge in [0.1, 0.15) is 22.7 Å². The number of para-hydroxylation sites is 1. The lowest BCUT2D eigenvalue weighted by atomic mass is 9.99. The average Bonchev–Trinajstić information content (AvgIpc) is 3.57. The van der Waals surface area contributed by atoms with Crippen molar-refractivity contribution in [3.05, 3.63) is 176 Å². The van der Waals surface area contributed by atoms with Crippen LogP contribution in [0.2, 0.25) is 0 Å². The van der Waals surface area contributed by atoms with Crippen LogP contribution in [0, 0.1) is 0 Å². The molecular weight excluding hydrogens is 615 g/mol. The monoisotopic (exact) mass is 643 g/mol. The van der Waals surface area contributed by atoms with Gasteiger partial charge in [0, 0.05) is 27.5 Å². The van der Waals surface area contributed by atoms with E-state index in [1.54, 1.807) is 0 Å². The van der Waals surface area contributed by atoms with Crippen molar-refractivity contribution < 1.29 is 9.15 Å². The molecule has 0 N–H and O–H groups in total. The highest BCUT2D eigenvalue weighted by molar-refractivity contribution is 6.06. The van der Waals surface area contributed by atoms with Gasteiger partial charge < -0.3 is 9.15 Å². The van der Waals surface area contributed by atoms with E-state index >= 15 is 0 Å². The Morgan fingerprint density at radius 3 is 1.28 bits per heavy atom. The Hall–Kier alpha value is -6.85. The zero-order valence-electron chi connectivity index (χ0n) is 26.9. The SMILES string of the molecule is c1ccc(-c2nc(-c3ccccc3)nc(-c3ccc(Oc4ccc(-c5ccc(-c6ccc7oc8ccccc8c7c6)cc5)cc4)cc3)n2)cc1. The molecule has 236 valence electrons. The maximum absolute atomic E-state index is 6.22. The molecule has 9 aromatic rings. The average molecular weight is 644 g/mol. The highest BCUT2D eigenvalue weighted by atomic mass is 16.5. The maximum Gasteiger partial charge on any atom is 0.164 e. The summed E-state index contributed by atoms with van der Waals surface area (Å²) in [7, 11) is 0. The van der Waals surface area contributed by atoms with Crippen molar-refractivity contribution in [1.29, 1.82) is 0 Å². The van der Waals surface area contributed by atoms with Gasteiger partial charge in [0.25, 0.3) is 0 Å². The lowest BCUT2D eigenvalue weighted by molar-refractivity contribution is 0.483. The normalized spacial score (nSPS) is 11.2. The van der Waals surface area contributed by atoms with Gasteiger partial charge in [-0.15, -0.1) is 0 Å². The molecule has 5 nitrogen and oxygen atoms in total. The van der Waals surface area contributed by atoms with Gasteiger partial charge in [-0.05, 0) is 76.9 Å². The molecule has 0 aliphatic carbocycles. The van der Waals surface area contributed by atoms with E-state index in [1.807, 2.05) is 115 Å². The molecule has 0 unspecified atom stereocenters. The molecule has 0 fully saturated rings. The van der Waals surface area contributed by atoms with E-state index < -0.39 is 0 Å². The quantitative estimate of drug-likeness (QED) is 0.173. The van der Waals surface area contributed by atoms with E-state index in [0.29, 0.717) is 17.5 Å². The van der Waals surface area contributed by atoms with Crippen LogP contribution in [0.4, 0.5) is 0 Å². The fourth-order valence-corrected chi connectivity index (χ4v) is 6.22. The summed E-state index contributed by atoms with van der Waals surface area (Å²) in [5.74, 6) is 3.36. The molecule has 9 rings (SSSR count). The Kier molecular flexibility index (Phi) is 7.41. The third-order valence-electron chi connectivity index (χ3n) is 8.83. The number of hydrogen-bond acceptors (Lipinski definition) is 5. The number of nitrogens with zero attached hydrogens (tertiary/aromatic N) is 3. The molecule has 0 atom stereocenters. The maximum atomic E-state index is 6.22. The third-order valence-corrected chi connectivity index (χ3v) is 8.83. The van der Waals surface area contributed by atoms with E-state index in [9.17, 15) is 0 Å². The molecule has 2 aromatic heterocycles. The van der Waals surface area contributed by atoms with Crippen LogP contribution in [-0.2, 0) is 0 Å². The summed E-state index contributed by atoms with van der Waals surface area (Å²) in [6.45, 7) is 0. The molecular formula is C45H29N3O2. The van der Waals surface area contributed by atoms with Gasteiger partial charge in [0.15, 0.2) is 17.5 Å². The van der Waals surface area contributed by atoms with Gasteiger partial charge in [-0.25, -0.2) is 15.0 Å². The Balaban J connectivity index is 0.920. The summed E-state index contributed by atoms with van der Waals surface area (Å²) in [5.41, 5.74) is 9.16. The van der Waals surface area contributed by atoms with Crippen LogP contribution >= 0.6 is 0 Å². The van der Waals surface area contributed by atoms with Crippen molar-refractivity contribution in [3.63, 3.8) is 0 Å². The number of hydrogen-bond donors (Lipinski definition) is 0. The number of benzene rings is 7. The smallest absolute Gasteiger partial charge is 0.164 e. The Morgan fingerprint density at radius 1 is 0.320 bits per heavy atom. The molecule has 0 aliphatic rings. The molecule has 0 aliphatic heterocycles. The van der Waals surface area contributed by atoms with Crippen LogP contribution < -0.4 is 4.74 Å². The first-order valence-electron chi connectivity index (χ1n) is 16.5. The zero-order chi connectivity index (χ0) is 33.3. The molecule has 0 radical (unpaired) electrons. The van der Waals surface area contributed by atoms with Crippen LogP contribution in [0.15, 0.2) is 180 Å². The van der Waals surface area contributed by atoms with E-state index in [0.717, 1.165) is 72.4 Å². The van der Waals surface area contributed by atoms with Crippen molar-refractivity contribution >= 4 is 21.9 Å². The number of ether oxygens (including phenoxy) is 1. The van der Waals surface area contributed by atoms with Crippen LogP contribution in [0.5, 0.6) is 11.5 Å². The summed E-state index contributed by atoms with van der Waals surface area (Å²) < 4.78 is 12.2. The third kappa shape index (κ3) is 5.78. The van der Waals surface area contributed by atoms with Gasteiger partial charge in [-0.1, -0.05) is 121 Å². The highest BCUT2D eigenvalue weighted by Gasteiger charge is 2.13. The molecule has 0 bridgehead atoms. The second kappa shape index (κ2) is 12.6. The van der Waals surface area contributed by atoms with Crippen LogP contribution in [0.25, 0.3) is 78.4 Å². The second-order valence-corrected chi connectivity index (χ2v) is 12.1. The van der Waals surface area contributed by atoms with Crippen molar-refractivity contribution in [2.24, 2.45) is 0 Å². The number of aromatic nitrogens is 3. The molecule has 50 heavy (non-hydrogen) atoms. The zero-order valence-corrected chi connectivity index (χ0v) is 26.9. The largest absolute Gasteiger partial charge is 0.457 e. The van der Waals surface area contributed by atoms with E-state index in [4.69, 9.17) is 24.1 Å². The summed E-state index contributed by atoms with van der Waals surface area (Å²) in [4.78, 5) is 14.4. The van der Waals surface area contributed by atoms with Gasteiger partial charge >= 0.3 is 0 Å². The fourth-order valence-electron chi connectivity index (χ4n) is 6.22. The molecule has 0 saturated carbocycles. The molecule has 7 aromatic carbocycles. The molecule has 0 spiro atoms. The van der Waals surface area contributed by atoms with Crippen molar-refractivity contribution in [3.8, 4) is 67.9 Å². The fraction of sp³-hybridized carbons (Fsp3) is 0. The van der Waals surface area contributed by atoms with Crippen LogP contribution in [0.3, 0.4) is 0 Å². The minimum Gasteiger partial charge on any atom is -0.457 e. The lowest BCUT2D eigenvalue weighted by Gasteiger charge is -2.10. The first kappa shape index (κ1) is 29.3. The molecule has 5 heteroatoms. The van der Waals surface area contributed by atoms with Crippen LogP contribution in [0.1, 0.15) is 0 Å². The topological polar surface area (TPSA) is 61.0 Å². The molecule has 0 amide bonds. The van der Waals surface area contributed by atoms with Crippen LogP contribution in [-0.4, -0.2) is 15.0 Å². The first-order chi connectivity index (χ1) is 24.7. The first-order valence-corrected chi connectivity index (χ1v) is 16.5. The van der Waals surface area contributed by atoms with E-state index in [-0.39, 0.29) is 0 Å². The Morgan fingerprint density at radius 2 is 0.720 bits per heavy atom. The van der Waals surface area contributed by atoms with Crippen molar-refractivity contribution in [2.75, 3.05) is 0 Å². The van der Waals surface area contributed by atoms with E-state index in [1.165, 1.54) is 0 Å². The summed E-state index contributed by atoms with van der Waals surface area (Å²) in [5, 5.41) is 2.27.